The first-order chi connectivity index (χ1) is 11.9. The highest BCUT2D eigenvalue weighted by molar-refractivity contribution is 7.89. The molecule has 1 aliphatic heterocycles. The Morgan fingerprint density at radius 3 is 2.72 bits per heavy atom. The first-order valence-corrected chi connectivity index (χ1v) is 9.64. The van der Waals surface area contributed by atoms with Crippen LogP contribution in [0.25, 0.3) is 0 Å². The molecule has 0 aliphatic carbocycles. The highest BCUT2D eigenvalue weighted by atomic mass is 35.5. The molecule has 0 spiro atoms. The first kappa shape index (κ1) is 17.7. The van der Waals surface area contributed by atoms with Crippen molar-refractivity contribution in [1.82, 2.24) is 4.72 Å². The van der Waals surface area contributed by atoms with Gasteiger partial charge in [0, 0.05) is 12.2 Å². The lowest BCUT2D eigenvalue weighted by molar-refractivity contribution is -0.116. The maximum atomic E-state index is 12.5. The molecule has 8 heteroatoms. The van der Waals surface area contributed by atoms with Gasteiger partial charge in [-0.25, -0.2) is 13.1 Å². The predicted octanol–water partition coefficient (Wildman–Crippen LogP) is 2.25. The van der Waals surface area contributed by atoms with Crippen molar-refractivity contribution in [3.05, 3.63) is 53.1 Å². The molecule has 0 fully saturated rings. The Bertz CT molecular complexity index is 915. The Balaban J connectivity index is 1.74. The van der Waals surface area contributed by atoms with Crippen LogP contribution in [0.4, 0.5) is 11.4 Å². The summed E-state index contributed by atoms with van der Waals surface area (Å²) in [6.45, 7) is 0.640. The normalized spacial score (nSPS) is 13.6. The van der Waals surface area contributed by atoms with Crippen molar-refractivity contribution in [2.24, 2.45) is 0 Å². The lowest BCUT2D eigenvalue weighted by atomic mass is 10.2. The van der Waals surface area contributed by atoms with Crippen LogP contribution >= 0.6 is 11.6 Å². The van der Waals surface area contributed by atoms with Crippen molar-refractivity contribution in [1.29, 1.82) is 0 Å². The van der Waals surface area contributed by atoms with E-state index in [0.717, 1.165) is 11.3 Å². The smallest absolute Gasteiger partial charge is 0.246 e. The average Bonchev–Trinajstić information content (AvgIpc) is 3.04. The summed E-state index contributed by atoms with van der Waals surface area (Å²) in [5.41, 5.74) is 2.30. The van der Waals surface area contributed by atoms with Crippen LogP contribution in [0.5, 0.6) is 0 Å². The highest BCUT2D eigenvalue weighted by Crippen LogP contribution is 2.30. The number of para-hydroxylation sites is 1. The summed E-state index contributed by atoms with van der Waals surface area (Å²) in [6.07, 6.45) is 0.625. The largest absolute Gasteiger partial charge is 0.375 e. The number of halogens is 1. The number of carbonyl (C=O) groups is 1. The number of nitrogens with one attached hydrogen (secondary N) is 2. The second-order valence-electron chi connectivity index (χ2n) is 5.63. The van der Waals surface area contributed by atoms with Crippen LogP contribution in [0.2, 0.25) is 5.02 Å². The van der Waals surface area contributed by atoms with Crippen LogP contribution < -0.4 is 14.9 Å². The third-order valence-corrected chi connectivity index (χ3v) is 5.87. The van der Waals surface area contributed by atoms with Gasteiger partial charge in [0.05, 0.1) is 22.2 Å². The van der Waals surface area contributed by atoms with Gasteiger partial charge in [0.1, 0.15) is 0 Å². The molecule has 3 rings (SSSR count). The molecule has 132 valence electrons. The van der Waals surface area contributed by atoms with Crippen molar-refractivity contribution < 1.29 is 13.2 Å². The highest BCUT2D eigenvalue weighted by Gasteiger charge is 2.26. The van der Waals surface area contributed by atoms with Crippen LogP contribution in [0.15, 0.2) is 47.4 Å². The predicted molar refractivity (Wildman–Crippen MR) is 98.7 cm³/mol. The van der Waals surface area contributed by atoms with Crippen molar-refractivity contribution in [3.63, 3.8) is 0 Å². The maximum Gasteiger partial charge on any atom is 0.246 e. The summed E-state index contributed by atoms with van der Waals surface area (Å²) in [5.74, 6) is -0.0945. The van der Waals surface area contributed by atoms with E-state index >= 15 is 0 Å². The summed E-state index contributed by atoms with van der Waals surface area (Å²) in [5, 5.41) is 3.59. The number of amides is 1. The number of hydrogen-bond acceptors (Lipinski definition) is 4. The van der Waals surface area contributed by atoms with Crippen molar-refractivity contribution in [2.75, 3.05) is 30.4 Å². The SMILES string of the molecule is CNS(=O)(=O)c1ccc2c(c1)CCN2C(=O)CNc1ccccc1Cl. The van der Waals surface area contributed by atoms with Gasteiger partial charge in [0.2, 0.25) is 15.9 Å². The standard InChI is InChI=1S/C17H18ClN3O3S/c1-19-25(23,24)13-6-7-16-12(10-13)8-9-21(16)17(22)11-20-15-5-3-2-4-14(15)18/h2-7,10,19-20H,8-9,11H2,1H3. The molecule has 2 aromatic carbocycles. The zero-order chi connectivity index (χ0) is 18.0. The van der Waals surface area contributed by atoms with Gasteiger partial charge in [-0.2, -0.15) is 0 Å². The van der Waals surface area contributed by atoms with Crippen LogP contribution in [0.3, 0.4) is 0 Å². The molecular formula is C17H18ClN3O3S. The van der Waals surface area contributed by atoms with E-state index in [2.05, 4.69) is 10.0 Å². The number of anilines is 2. The second-order valence-corrected chi connectivity index (χ2v) is 7.92. The van der Waals surface area contributed by atoms with E-state index in [1.54, 1.807) is 23.1 Å². The van der Waals surface area contributed by atoms with Gasteiger partial charge >= 0.3 is 0 Å². The maximum absolute atomic E-state index is 12.5. The van der Waals surface area contributed by atoms with E-state index in [1.807, 2.05) is 18.2 Å². The van der Waals surface area contributed by atoms with E-state index in [0.29, 0.717) is 23.7 Å². The zero-order valence-corrected chi connectivity index (χ0v) is 15.2. The van der Waals surface area contributed by atoms with Crippen molar-refractivity contribution >= 4 is 38.9 Å². The van der Waals surface area contributed by atoms with Gasteiger partial charge in [-0.1, -0.05) is 23.7 Å². The Hall–Kier alpha value is -2.09. The summed E-state index contributed by atoms with van der Waals surface area (Å²) in [4.78, 5) is 14.4. The molecule has 0 saturated heterocycles. The number of sulfonamides is 1. The number of rotatable bonds is 5. The lowest BCUT2D eigenvalue weighted by Gasteiger charge is -2.18. The molecule has 0 bridgehead atoms. The van der Waals surface area contributed by atoms with Gasteiger partial charge in [-0.3, -0.25) is 4.79 Å². The molecule has 1 amide bonds. The number of benzene rings is 2. The lowest BCUT2D eigenvalue weighted by Crippen LogP contribution is -2.34. The summed E-state index contributed by atoms with van der Waals surface area (Å²) < 4.78 is 26.1. The molecule has 0 saturated carbocycles. The van der Waals surface area contributed by atoms with Crippen LogP contribution in [-0.4, -0.2) is 34.5 Å². The first-order valence-electron chi connectivity index (χ1n) is 7.77. The molecule has 1 heterocycles. The Morgan fingerprint density at radius 1 is 1.24 bits per heavy atom. The number of carbonyl (C=O) groups excluding carboxylic acids is 1. The van der Waals surface area contributed by atoms with E-state index in [1.165, 1.54) is 13.1 Å². The molecule has 0 unspecified atom stereocenters. The Labute approximate surface area is 151 Å². The fraction of sp³-hybridized carbons (Fsp3) is 0.235. The minimum atomic E-state index is -3.49. The van der Waals surface area contributed by atoms with Gasteiger partial charge in [0.25, 0.3) is 0 Å². The van der Waals surface area contributed by atoms with Gasteiger partial charge < -0.3 is 10.2 Å². The summed E-state index contributed by atoms with van der Waals surface area (Å²) >= 11 is 6.07. The Kier molecular flexibility index (Phi) is 4.99. The summed E-state index contributed by atoms with van der Waals surface area (Å²) in [6, 6.07) is 12.0. The van der Waals surface area contributed by atoms with Crippen LogP contribution in [-0.2, 0) is 21.2 Å². The van der Waals surface area contributed by atoms with Crippen molar-refractivity contribution in [2.45, 2.75) is 11.3 Å². The molecular weight excluding hydrogens is 362 g/mol. The fourth-order valence-corrected chi connectivity index (χ4v) is 3.78. The third-order valence-electron chi connectivity index (χ3n) is 4.13. The van der Waals surface area contributed by atoms with E-state index in [9.17, 15) is 13.2 Å². The molecule has 6 nitrogen and oxygen atoms in total. The van der Waals surface area contributed by atoms with Crippen molar-refractivity contribution in [3.8, 4) is 0 Å². The van der Waals surface area contributed by atoms with E-state index in [4.69, 9.17) is 11.6 Å². The van der Waals surface area contributed by atoms with Crippen LogP contribution in [0.1, 0.15) is 5.56 Å². The number of nitrogens with zero attached hydrogens (tertiary/aromatic N) is 1. The van der Waals surface area contributed by atoms with Crippen LogP contribution in [0, 0.1) is 0 Å². The Morgan fingerprint density at radius 2 is 2.00 bits per heavy atom. The van der Waals surface area contributed by atoms with E-state index < -0.39 is 10.0 Å². The molecule has 0 atom stereocenters. The number of hydrogen-bond donors (Lipinski definition) is 2. The van der Waals surface area contributed by atoms with Gasteiger partial charge in [0.15, 0.2) is 0 Å². The minimum Gasteiger partial charge on any atom is -0.375 e. The zero-order valence-electron chi connectivity index (χ0n) is 13.6. The topological polar surface area (TPSA) is 78.5 Å². The third kappa shape index (κ3) is 3.63. The molecule has 2 N–H and O–H groups in total. The summed E-state index contributed by atoms with van der Waals surface area (Å²) in [7, 11) is -2.12. The molecule has 1 aliphatic rings. The van der Waals surface area contributed by atoms with Gasteiger partial charge in [-0.05, 0) is 49.4 Å². The molecule has 0 aromatic heterocycles. The molecule has 25 heavy (non-hydrogen) atoms. The molecule has 0 radical (unpaired) electrons. The molecule has 2 aromatic rings. The number of fused-ring (bicyclic) bond motifs is 1. The minimum absolute atomic E-state index is 0.0945. The van der Waals surface area contributed by atoms with Gasteiger partial charge in [-0.15, -0.1) is 0 Å². The fourth-order valence-electron chi connectivity index (χ4n) is 2.79. The van der Waals surface area contributed by atoms with E-state index in [-0.39, 0.29) is 17.3 Å². The second kappa shape index (κ2) is 7.03. The average molecular weight is 380 g/mol. The monoisotopic (exact) mass is 379 g/mol. The quantitative estimate of drug-likeness (QED) is 0.835.